The molecule has 0 unspecified atom stereocenters. The normalized spacial score (nSPS) is 17.7. The average Bonchev–Trinajstić information content (AvgIpc) is 3.46. The molecule has 0 amide bonds. The lowest BCUT2D eigenvalue weighted by Crippen LogP contribution is -2.42. The van der Waals surface area contributed by atoms with E-state index in [4.69, 9.17) is 20.1 Å². The molecule has 16 heteroatoms. The second-order valence-corrected chi connectivity index (χ2v) is 12.0. The van der Waals surface area contributed by atoms with Crippen molar-refractivity contribution in [1.29, 1.82) is 0 Å². The SMILES string of the molecule is Cc1cn([C@H]2C[C@H](N=[N+]=[N-])[C@@H](CO)O2)c(=O)n(CCCCCCn2c(=O)c(C)c(Sc3ccccc3)n(COCCO)c2=O)c1=O. The Hall–Kier alpha value is -3.92. The molecular weight excluding hydrogens is 618 g/mol. The van der Waals surface area contributed by atoms with Crippen LogP contribution in [0.2, 0.25) is 0 Å². The lowest BCUT2D eigenvalue weighted by Gasteiger charge is -2.18. The van der Waals surface area contributed by atoms with Crippen LogP contribution in [0.5, 0.6) is 0 Å². The van der Waals surface area contributed by atoms with Crippen molar-refractivity contribution in [3.63, 3.8) is 0 Å². The number of rotatable bonds is 16. The van der Waals surface area contributed by atoms with Gasteiger partial charge in [0.2, 0.25) is 0 Å². The number of azide groups is 1. The minimum absolute atomic E-state index is 0.0439. The summed E-state index contributed by atoms with van der Waals surface area (Å²) in [5.74, 6) is 0. The first kappa shape index (κ1) is 34.9. The largest absolute Gasteiger partial charge is 0.394 e. The summed E-state index contributed by atoms with van der Waals surface area (Å²) < 4.78 is 16.3. The molecule has 3 heterocycles. The summed E-state index contributed by atoms with van der Waals surface area (Å²) >= 11 is 1.30. The highest BCUT2D eigenvalue weighted by Gasteiger charge is 2.36. The van der Waals surface area contributed by atoms with Crippen LogP contribution >= 0.6 is 11.8 Å². The van der Waals surface area contributed by atoms with Crippen LogP contribution in [-0.2, 0) is 29.3 Å². The molecule has 1 saturated heterocycles. The van der Waals surface area contributed by atoms with E-state index in [1.165, 1.54) is 31.7 Å². The highest BCUT2D eigenvalue weighted by molar-refractivity contribution is 7.99. The number of ether oxygens (including phenoxy) is 2. The Morgan fingerprint density at radius 3 is 2.28 bits per heavy atom. The number of aryl methyl sites for hydroxylation is 1. The van der Waals surface area contributed by atoms with Gasteiger partial charge in [-0.15, -0.1) is 0 Å². The molecule has 46 heavy (non-hydrogen) atoms. The summed E-state index contributed by atoms with van der Waals surface area (Å²) in [5, 5.41) is 22.9. The Labute approximate surface area is 268 Å². The standard InChI is InChI=1S/C30H39N7O8S/c1-20-17-36(25-16-23(32-33-31)24(18-39)45-25)29(42)34(26(20)40)12-8-3-4-9-13-35-27(41)21(2)28(46-22-10-6-5-7-11-22)37(30(35)43)19-44-15-14-38/h5-7,10-11,17,23-25,38-39H,3-4,8-9,12-16,18-19H2,1-2H3/t23-,24+,25+/m0/s1. The topological polar surface area (TPSA) is 196 Å². The van der Waals surface area contributed by atoms with Crippen molar-refractivity contribution in [3.8, 4) is 0 Å². The van der Waals surface area contributed by atoms with E-state index in [2.05, 4.69) is 10.0 Å². The van der Waals surface area contributed by atoms with Gasteiger partial charge in [-0.3, -0.25) is 27.9 Å². The second kappa shape index (κ2) is 16.6. The highest BCUT2D eigenvalue weighted by atomic mass is 32.2. The molecule has 0 bridgehead atoms. The van der Waals surface area contributed by atoms with Gasteiger partial charge >= 0.3 is 11.4 Å². The molecule has 3 atom stereocenters. The summed E-state index contributed by atoms with van der Waals surface area (Å²) in [6.07, 6.45) is 2.36. The fourth-order valence-corrected chi connectivity index (χ4v) is 6.37. The van der Waals surface area contributed by atoms with Gasteiger partial charge in [0.05, 0.1) is 37.0 Å². The number of aliphatic hydroxyl groups is 2. The number of aromatic nitrogens is 4. The lowest BCUT2D eigenvalue weighted by molar-refractivity contribution is -0.0277. The maximum atomic E-state index is 13.4. The number of aliphatic hydroxyl groups excluding tert-OH is 2. The number of hydrogen-bond donors (Lipinski definition) is 2. The molecule has 1 aromatic carbocycles. The molecule has 1 aliphatic heterocycles. The van der Waals surface area contributed by atoms with Crippen molar-refractivity contribution in [2.45, 2.75) is 94.1 Å². The van der Waals surface area contributed by atoms with Gasteiger partial charge < -0.3 is 19.7 Å². The minimum atomic E-state index is -0.789. The van der Waals surface area contributed by atoms with Gasteiger partial charge in [0.25, 0.3) is 11.1 Å². The number of nitrogens with zero attached hydrogens (tertiary/aromatic N) is 7. The molecule has 4 rings (SSSR count). The van der Waals surface area contributed by atoms with Gasteiger partial charge in [-0.05, 0) is 44.4 Å². The van der Waals surface area contributed by atoms with Crippen molar-refractivity contribution in [3.05, 3.63) is 99.8 Å². The van der Waals surface area contributed by atoms with Gasteiger partial charge in [-0.1, -0.05) is 47.9 Å². The lowest BCUT2D eigenvalue weighted by atomic mass is 10.1. The molecule has 0 saturated carbocycles. The van der Waals surface area contributed by atoms with Crippen LogP contribution in [0.15, 0.2) is 70.7 Å². The molecule has 2 aromatic heterocycles. The van der Waals surface area contributed by atoms with Crippen LogP contribution < -0.4 is 22.5 Å². The summed E-state index contributed by atoms with van der Waals surface area (Å²) in [7, 11) is 0. The maximum absolute atomic E-state index is 13.4. The molecule has 0 spiro atoms. The zero-order valence-corrected chi connectivity index (χ0v) is 26.7. The van der Waals surface area contributed by atoms with Crippen LogP contribution in [0, 0.1) is 13.8 Å². The van der Waals surface area contributed by atoms with E-state index in [0.29, 0.717) is 41.8 Å². The maximum Gasteiger partial charge on any atom is 0.333 e. The smallest absolute Gasteiger partial charge is 0.333 e. The van der Waals surface area contributed by atoms with Crippen LogP contribution in [0.1, 0.15) is 49.5 Å². The molecular formula is C30H39N7O8S. The highest BCUT2D eigenvalue weighted by Crippen LogP contribution is 2.30. The van der Waals surface area contributed by atoms with E-state index in [9.17, 15) is 24.3 Å². The first-order chi connectivity index (χ1) is 22.2. The Morgan fingerprint density at radius 1 is 0.978 bits per heavy atom. The molecule has 1 aliphatic rings. The third kappa shape index (κ3) is 8.07. The first-order valence-corrected chi connectivity index (χ1v) is 15.9. The average molecular weight is 658 g/mol. The number of hydrogen-bond acceptors (Lipinski definition) is 10. The molecule has 15 nitrogen and oxygen atoms in total. The summed E-state index contributed by atoms with van der Waals surface area (Å²) in [6, 6.07) is 8.75. The van der Waals surface area contributed by atoms with E-state index in [-0.39, 0.29) is 51.6 Å². The van der Waals surface area contributed by atoms with E-state index >= 15 is 0 Å². The number of benzene rings is 1. The molecule has 0 radical (unpaired) electrons. The predicted octanol–water partition coefficient (Wildman–Crippen LogP) is 2.29. The van der Waals surface area contributed by atoms with Crippen molar-refractivity contribution >= 4 is 11.8 Å². The van der Waals surface area contributed by atoms with Crippen LogP contribution in [0.25, 0.3) is 10.4 Å². The van der Waals surface area contributed by atoms with Crippen LogP contribution in [-0.4, -0.2) is 60.4 Å². The monoisotopic (exact) mass is 657 g/mol. The Bertz CT molecular complexity index is 1780. The summed E-state index contributed by atoms with van der Waals surface area (Å²) in [4.78, 5) is 56.4. The fraction of sp³-hybridized carbons (Fsp3) is 0.533. The van der Waals surface area contributed by atoms with Crippen LogP contribution in [0.4, 0.5) is 0 Å². The molecule has 3 aromatic rings. The van der Waals surface area contributed by atoms with E-state index in [1.54, 1.807) is 13.8 Å². The summed E-state index contributed by atoms with van der Waals surface area (Å²) in [5.41, 5.74) is 7.72. The van der Waals surface area contributed by atoms with Crippen molar-refractivity contribution < 1.29 is 19.7 Å². The van der Waals surface area contributed by atoms with Crippen molar-refractivity contribution in [2.24, 2.45) is 5.11 Å². The van der Waals surface area contributed by atoms with Gasteiger partial charge in [-0.25, -0.2) is 9.59 Å². The molecule has 248 valence electrons. The Kier molecular flexibility index (Phi) is 12.6. The Morgan fingerprint density at radius 2 is 1.65 bits per heavy atom. The fourth-order valence-electron chi connectivity index (χ4n) is 5.37. The van der Waals surface area contributed by atoms with E-state index in [0.717, 1.165) is 9.46 Å². The quantitative estimate of drug-likeness (QED) is 0.0764. The van der Waals surface area contributed by atoms with Crippen molar-refractivity contribution in [1.82, 2.24) is 18.3 Å². The first-order valence-electron chi connectivity index (χ1n) is 15.1. The van der Waals surface area contributed by atoms with Gasteiger partial charge in [0, 0.05) is 46.6 Å². The van der Waals surface area contributed by atoms with Crippen LogP contribution in [0.3, 0.4) is 0 Å². The van der Waals surface area contributed by atoms with Gasteiger partial charge in [0.15, 0.2) is 0 Å². The van der Waals surface area contributed by atoms with Gasteiger partial charge in [0.1, 0.15) is 13.0 Å². The molecule has 0 aliphatic carbocycles. The zero-order valence-electron chi connectivity index (χ0n) is 25.9. The predicted molar refractivity (Wildman–Crippen MR) is 170 cm³/mol. The van der Waals surface area contributed by atoms with E-state index in [1.807, 2.05) is 30.3 Å². The zero-order chi connectivity index (χ0) is 33.2. The Balaban J connectivity index is 1.42. The van der Waals surface area contributed by atoms with Gasteiger partial charge in [-0.2, -0.15) is 0 Å². The third-order valence-corrected chi connectivity index (χ3v) is 9.01. The number of unbranched alkanes of at least 4 members (excludes halogenated alkanes) is 3. The third-order valence-electron chi connectivity index (χ3n) is 7.78. The molecule has 1 fully saturated rings. The minimum Gasteiger partial charge on any atom is -0.394 e. The summed E-state index contributed by atoms with van der Waals surface area (Å²) in [6.45, 7) is 2.98. The van der Waals surface area contributed by atoms with E-state index < -0.39 is 35.3 Å². The van der Waals surface area contributed by atoms with Crippen molar-refractivity contribution in [2.75, 3.05) is 19.8 Å². The molecule has 2 N–H and O–H groups in total. The second-order valence-electron chi connectivity index (χ2n) is 11.0.